The van der Waals surface area contributed by atoms with Crippen molar-refractivity contribution in [3.63, 3.8) is 0 Å². The molecule has 22 heavy (non-hydrogen) atoms. The van der Waals surface area contributed by atoms with Crippen molar-refractivity contribution < 1.29 is 4.79 Å². The van der Waals surface area contributed by atoms with Gasteiger partial charge in [0.05, 0.1) is 5.69 Å². The summed E-state index contributed by atoms with van der Waals surface area (Å²) in [6.07, 6.45) is 1.80. The zero-order valence-electron chi connectivity index (χ0n) is 13.1. The first-order valence-corrected chi connectivity index (χ1v) is 8.00. The Bertz CT molecular complexity index is 653. The van der Waals surface area contributed by atoms with Crippen LogP contribution in [-0.4, -0.2) is 17.4 Å². The lowest BCUT2D eigenvalue weighted by atomic mass is 9.95. The van der Waals surface area contributed by atoms with Crippen molar-refractivity contribution in [1.82, 2.24) is 4.98 Å². The van der Waals surface area contributed by atoms with Gasteiger partial charge in [-0.25, -0.2) is 4.98 Å². The summed E-state index contributed by atoms with van der Waals surface area (Å²) < 4.78 is 0. The number of nitrogens with zero attached hydrogens (tertiary/aromatic N) is 1. The molecule has 0 aliphatic rings. The topological polar surface area (TPSA) is 54.0 Å². The number of carbonyl (C=O) groups is 1. The molecule has 0 saturated carbocycles. The second-order valence-corrected chi connectivity index (χ2v) is 6.85. The van der Waals surface area contributed by atoms with E-state index < -0.39 is 5.41 Å². The smallest absolute Gasteiger partial charge is 0.229 e. The van der Waals surface area contributed by atoms with Gasteiger partial charge in [0.1, 0.15) is 0 Å². The molecule has 1 amide bonds. The second-order valence-electron chi connectivity index (χ2n) is 5.99. The quantitative estimate of drug-likeness (QED) is 0.804. The number of rotatable bonds is 5. The van der Waals surface area contributed by atoms with Crippen molar-refractivity contribution in [2.24, 2.45) is 5.41 Å². The van der Waals surface area contributed by atoms with Crippen LogP contribution < -0.4 is 10.6 Å². The lowest BCUT2D eigenvalue weighted by molar-refractivity contribution is -0.123. The van der Waals surface area contributed by atoms with Gasteiger partial charge >= 0.3 is 0 Å². The minimum atomic E-state index is -0.403. The average molecular weight is 315 g/mol. The van der Waals surface area contributed by atoms with Crippen molar-refractivity contribution >= 4 is 28.1 Å². The van der Waals surface area contributed by atoms with Crippen LogP contribution in [0.25, 0.3) is 11.3 Å². The van der Waals surface area contributed by atoms with E-state index in [-0.39, 0.29) is 5.91 Å². The normalized spacial score (nSPS) is 11.0. The molecule has 0 radical (unpaired) electrons. The van der Waals surface area contributed by atoms with Gasteiger partial charge in [0, 0.05) is 28.6 Å². The summed E-state index contributed by atoms with van der Waals surface area (Å²) in [7, 11) is 0. The Hall–Kier alpha value is -2.14. The van der Waals surface area contributed by atoms with Gasteiger partial charge < -0.3 is 10.6 Å². The zero-order valence-corrected chi connectivity index (χ0v) is 14.0. The standard InChI is InChI=1S/C17H21N3OS/c1-5-10-18-16-20-14(11-22-16)12-6-8-13(9-7-12)19-15(21)17(2,3)4/h5-9,11H,1,10H2,2-4H3,(H,18,20)(H,19,21). The van der Waals surface area contributed by atoms with Crippen molar-refractivity contribution in [1.29, 1.82) is 0 Å². The third-order valence-corrected chi connectivity index (χ3v) is 3.82. The van der Waals surface area contributed by atoms with E-state index in [4.69, 9.17) is 0 Å². The third kappa shape index (κ3) is 4.18. The van der Waals surface area contributed by atoms with E-state index in [2.05, 4.69) is 22.2 Å². The Balaban J connectivity index is 2.07. The van der Waals surface area contributed by atoms with E-state index >= 15 is 0 Å². The SMILES string of the molecule is C=CCNc1nc(-c2ccc(NC(=O)C(C)(C)C)cc2)cs1. The van der Waals surface area contributed by atoms with Gasteiger partial charge in [0.15, 0.2) is 5.13 Å². The summed E-state index contributed by atoms with van der Waals surface area (Å²) in [6, 6.07) is 7.72. The van der Waals surface area contributed by atoms with E-state index in [1.165, 1.54) is 0 Å². The monoisotopic (exact) mass is 315 g/mol. The van der Waals surface area contributed by atoms with Crippen LogP contribution in [-0.2, 0) is 4.79 Å². The Morgan fingerprint density at radius 1 is 1.32 bits per heavy atom. The molecule has 1 aromatic heterocycles. The molecule has 0 aliphatic carbocycles. The molecule has 0 unspecified atom stereocenters. The van der Waals surface area contributed by atoms with E-state index in [0.717, 1.165) is 22.1 Å². The van der Waals surface area contributed by atoms with Gasteiger partial charge in [-0.3, -0.25) is 4.79 Å². The summed E-state index contributed by atoms with van der Waals surface area (Å²) in [6.45, 7) is 10.0. The van der Waals surface area contributed by atoms with Crippen LogP contribution in [0, 0.1) is 5.41 Å². The number of nitrogens with one attached hydrogen (secondary N) is 2. The number of hydrogen-bond donors (Lipinski definition) is 2. The number of amides is 1. The van der Waals surface area contributed by atoms with Crippen LogP contribution in [0.4, 0.5) is 10.8 Å². The van der Waals surface area contributed by atoms with Gasteiger partial charge in [-0.05, 0) is 12.1 Å². The first-order chi connectivity index (χ1) is 10.4. The molecule has 0 atom stereocenters. The van der Waals surface area contributed by atoms with Crippen LogP contribution >= 0.6 is 11.3 Å². The third-order valence-electron chi connectivity index (χ3n) is 3.02. The van der Waals surface area contributed by atoms with Crippen LogP contribution in [0.1, 0.15) is 20.8 Å². The molecule has 0 spiro atoms. The van der Waals surface area contributed by atoms with Gasteiger partial charge in [-0.15, -0.1) is 17.9 Å². The minimum absolute atomic E-state index is 0.00446. The Labute approximate surface area is 135 Å². The maximum absolute atomic E-state index is 12.0. The number of benzene rings is 1. The number of thiazole rings is 1. The first-order valence-electron chi connectivity index (χ1n) is 7.12. The Morgan fingerprint density at radius 2 is 2.00 bits per heavy atom. The highest BCUT2D eigenvalue weighted by Gasteiger charge is 2.21. The minimum Gasteiger partial charge on any atom is -0.358 e. The predicted molar refractivity (Wildman–Crippen MR) is 94.3 cm³/mol. The van der Waals surface area contributed by atoms with Crippen molar-refractivity contribution in [2.75, 3.05) is 17.2 Å². The highest BCUT2D eigenvalue weighted by Crippen LogP contribution is 2.26. The maximum Gasteiger partial charge on any atom is 0.229 e. The molecule has 1 aromatic carbocycles. The molecule has 5 heteroatoms. The van der Waals surface area contributed by atoms with Crippen LogP contribution in [0.5, 0.6) is 0 Å². The fraction of sp³-hybridized carbons (Fsp3) is 0.294. The molecule has 0 saturated heterocycles. The van der Waals surface area contributed by atoms with Crippen LogP contribution in [0.2, 0.25) is 0 Å². The highest BCUT2D eigenvalue weighted by molar-refractivity contribution is 7.14. The number of anilines is 2. The average Bonchev–Trinajstić information content (AvgIpc) is 2.93. The Kier molecular flexibility index (Phi) is 4.98. The predicted octanol–water partition coefficient (Wildman–Crippen LogP) is 4.39. The van der Waals surface area contributed by atoms with Crippen molar-refractivity contribution in [3.8, 4) is 11.3 Å². The molecule has 1 heterocycles. The Morgan fingerprint density at radius 3 is 2.59 bits per heavy atom. The molecule has 0 fully saturated rings. The summed E-state index contributed by atoms with van der Waals surface area (Å²) >= 11 is 1.56. The molecular weight excluding hydrogens is 294 g/mol. The number of carbonyl (C=O) groups excluding carboxylic acids is 1. The fourth-order valence-corrected chi connectivity index (χ4v) is 2.42. The van der Waals surface area contributed by atoms with Gasteiger partial charge in [-0.1, -0.05) is 39.0 Å². The lowest BCUT2D eigenvalue weighted by Gasteiger charge is -2.17. The van der Waals surface area contributed by atoms with Crippen LogP contribution in [0.3, 0.4) is 0 Å². The summed E-state index contributed by atoms with van der Waals surface area (Å²) in [5.74, 6) is 0.00446. The summed E-state index contributed by atoms with van der Waals surface area (Å²) in [4.78, 5) is 16.5. The largest absolute Gasteiger partial charge is 0.358 e. The highest BCUT2D eigenvalue weighted by atomic mass is 32.1. The number of hydrogen-bond acceptors (Lipinski definition) is 4. The molecular formula is C17H21N3OS. The molecule has 2 rings (SSSR count). The van der Waals surface area contributed by atoms with Crippen molar-refractivity contribution in [2.45, 2.75) is 20.8 Å². The molecule has 116 valence electrons. The molecule has 4 nitrogen and oxygen atoms in total. The maximum atomic E-state index is 12.0. The summed E-state index contributed by atoms with van der Waals surface area (Å²) in [5, 5.41) is 8.97. The van der Waals surface area contributed by atoms with Crippen molar-refractivity contribution in [3.05, 3.63) is 42.3 Å². The van der Waals surface area contributed by atoms with E-state index in [1.54, 1.807) is 17.4 Å². The fourth-order valence-electron chi connectivity index (χ4n) is 1.69. The molecule has 2 aromatic rings. The second kappa shape index (κ2) is 6.75. The van der Waals surface area contributed by atoms with Gasteiger partial charge in [0.25, 0.3) is 0 Å². The van der Waals surface area contributed by atoms with Gasteiger partial charge in [0.2, 0.25) is 5.91 Å². The summed E-state index contributed by atoms with van der Waals surface area (Å²) in [5.41, 5.74) is 2.34. The molecule has 0 bridgehead atoms. The molecule has 0 aliphatic heterocycles. The van der Waals surface area contributed by atoms with E-state index in [1.807, 2.05) is 50.4 Å². The van der Waals surface area contributed by atoms with Crippen LogP contribution in [0.15, 0.2) is 42.3 Å². The first kappa shape index (κ1) is 16.2. The van der Waals surface area contributed by atoms with E-state index in [0.29, 0.717) is 6.54 Å². The number of aromatic nitrogens is 1. The van der Waals surface area contributed by atoms with Gasteiger partial charge in [-0.2, -0.15) is 0 Å². The zero-order chi connectivity index (χ0) is 16.2. The lowest BCUT2D eigenvalue weighted by Crippen LogP contribution is -2.27. The van der Waals surface area contributed by atoms with E-state index in [9.17, 15) is 4.79 Å². The molecule has 2 N–H and O–H groups in total.